The van der Waals surface area contributed by atoms with Crippen LogP contribution in [-0.4, -0.2) is 16.6 Å². The zero-order chi connectivity index (χ0) is 17.4. The predicted octanol–water partition coefficient (Wildman–Crippen LogP) is 4.37. The lowest BCUT2D eigenvalue weighted by Crippen LogP contribution is -2.09. The Morgan fingerprint density at radius 1 is 1.08 bits per heavy atom. The van der Waals surface area contributed by atoms with Gasteiger partial charge in [0.15, 0.2) is 11.5 Å². The lowest BCUT2D eigenvalue weighted by Gasteiger charge is -2.08. The number of hydrogen-bond donors (Lipinski definition) is 1. The average molecular weight is 316 g/mol. The van der Waals surface area contributed by atoms with Crippen molar-refractivity contribution in [3.8, 4) is 6.07 Å². The second-order valence-electron chi connectivity index (χ2n) is 5.92. The number of aliphatic imine (C=N–C) groups is 1. The molecule has 1 N–H and O–H groups in total. The maximum atomic E-state index is 12.6. The van der Waals surface area contributed by atoms with Gasteiger partial charge in [0.2, 0.25) is 0 Å². The Balaban J connectivity index is 2.17. The van der Waals surface area contributed by atoms with Crippen molar-refractivity contribution in [1.29, 1.82) is 5.26 Å². The number of aliphatic hydroxyl groups excluding tert-OH is 1. The maximum Gasteiger partial charge on any atom is 0.200 e. The Morgan fingerprint density at radius 3 is 2.21 bits per heavy atom. The molecule has 2 aromatic rings. The van der Waals surface area contributed by atoms with Crippen LogP contribution in [0, 0.1) is 32.1 Å². The molecule has 0 heterocycles. The number of nitrogens with zero attached hydrogens (tertiary/aromatic N) is 2. The highest BCUT2D eigenvalue weighted by Crippen LogP contribution is 2.33. The van der Waals surface area contributed by atoms with E-state index in [1.807, 2.05) is 39.0 Å². The molecular formula is C20H16N2O2. The van der Waals surface area contributed by atoms with Gasteiger partial charge in [-0.25, -0.2) is 4.99 Å². The third-order valence-electron chi connectivity index (χ3n) is 4.09. The maximum absolute atomic E-state index is 12.6. The molecule has 0 saturated carbocycles. The van der Waals surface area contributed by atoms with Crippen LogP contribution < -0.4 is 0 Å². The number of aryl methyl sites for hydroxylation is 3. The lowest BCUT2D eigenvalue weighted by molar-refractivity contribution is 0.104. The highest BCUT2D eigenvalue weighted by atomic mass is 16.3. The normalized spacial score (nSPS) is 13.9. The van der Waals surface area contributed by atoms with Crippen LogP contribution in [0.4, 0.5) is 5.69 Å². The molecule has 0 radical (unpaired) electrons. The van der Waals surface area contributed by atoms with E-state index in [-0.39, 0.29) is 22.8 Å². The number of ketones is 1. The fourth-order valence-corrected chi connectivity index (χ4v) is 3.08. The van der Waals surface area contributed by atoms with Crippen molar-refractivity contribution < 1.29 is 9.90 Å². The first-order valence-corrected chi connectivity index (χ1v) is 7.58. The van der Waals surface area contributed by atoms with Crippen LogP contribution >= 0.6 is 0 Å². The van der Waals surface area contributed by atoms with E-state index in [0.29, 0.717) is 16.8 Å². The summed E-state index contributed by atoms with van der Waals surface area (Å²) >= 11 is 0. The second kappa shape index (κ2) is 5.78. The van der Waals surface area contributed by atoms with Crippen LogP contribution in [-0.2, 0) is 0 Å². The van der Waals surface area contributed by atoms with Crippen molar-refractivity contribution in [2.75, 3.05) is 0 Å². The number of Topliss-reactive ketones (excluding diaryl/α,β-unsaturated/α-hetero) is 1. The fraction of sp³-hybridized carbons (Fsp3) is 0.150. The van der Waals surface area contributed by atoms with Gasteiger partial charge in [0.1, 0.15) is 17.4 Å². The van der Waals surface area contributed by atoms with E-state index in [1.165, 1.54) is 0 Å². The molecule has 2 aromatic carbocycles. The molecule has 0 spiro atoms. The van der Waals surface area contributed by atoms with E-state index < -0.39 is 0 Å². The Kier molecular flexibility index (Phi) is 3.78. The minimum Gasteiger partial charge on any atom is -0.506 e. The largest absolute Gasteiger partial charge is 0.506 e. The number of rotatable bonds is 2. The molecule has 1 aliphatic carbocycles. The number of benzene rings is 2. The number of fused-ring (bicyclic) bond motifs is 1. The first kappa shape index (κ1) is 15.7. The van der Waals surface area contributed by atoms with Crippen LogP contribution in [0.1, 0.15) is 32.6 Å². The van der Waals surface area contributed by atoms with E-state index in [9.17, 15) is 15.2 Å². The molecule has 0 atom stereocenters. The summed E-state index contributed by atoms with van der Waals surface area (Å²) in [5, 5.41) is 19.9. The first-order valence-electron chi connectivity index (χ1n) is 7.58. The third-order valence-corrected chi connectivity index (χ3v) is 4.09. The van der Waals surface area contributed by atoms with Gasteiger partial charge in [-0.15, -0.1) is 0 Å². The van der Waals surface area contributed by atoms with Gasteiger partial charge in [-0.05, 0) is 31.9 Å². The highest BCUT2D eigenvalue weighted by molar-refractivity contribution is 6.39. The minimum atomic E-state index is -0.370. The van der Waals surface area contributed by atoms with Crippen molar-refractivity contribution in [2.24, 2.45) is 4.99 Å². The highest BCUT2D eigenvalue weighted by Gasteiger charge is 2.32. The molecule has 24 heavy (non-hydrogen) atoms. The van der Waals surface area contributed by atoms with E-state index >= 15 is 0 Å². The summed E-state index contributed by atoms with van der Waals surface area (Å²) in [5.74, 6) is -0.552. The van der Waals surface area contributed by atoms with Crippen molar-refractivity contribution in [3.05, 3.63) is 69.8 Å². The molecule has 0 aromatic heterocycles. The zero-order valence-electron chi connectivity index (χ0n) is 13.7. The van der Waals surface area contributed by atoms with E-state index in [0.717, 1.165) is 16.7 Å². The standard InChI is InChI=1S/C20H16N2O2/c1-11-8-12(2)18(13(3)9-11)22-16(10-21)17-19(23)14-6-4-5-7-15(14)20(17)24/h4-9,23H,1-3H3. The molecule has 1 aliphatic rings. The molecule has 3 rings (SSSR count). The molecule has 0 bridgehead atoms. The second-order valence-corrected chi connectivity index (χ2v) is 5.92. The molecule has 0 amide bonds. The topological polar surface area (TPSA) is 73.4 Å². The van der Waals surface area contributed by atoms with Crippen LogP contribution in [0.5, 0.6) is 0 Å². The number of aliphatic hydroxyl groups is 1. The number of nitriles is 1. The number of allylic oxidation sites excluding steroid dienone is 1. The van der Waals surface area contributed by atoms with Gasteiger partial charge in [0.05, 0.1) is 5.69 Å². The first-order chi connectivity index (χ1) is 11.4. The van der Waals surface area contributed by atoms with Crippen molar-refractivity contribution >= 4 is 22.9 Å². The molecule has 4 heteroatoms. The Labute approximate surface area is 140 Å². The minimum absolute atomic E-state index is 0.0296. The number of carbonyl (C=O) groups excluding carboxylic acids is 1. The quantitative estimate of drug-likeness (QED) is 0.836. The Morgan fingerprint density at radius 2 is 1.67 bits per heavy atom. The molecule has 4 nitrogen and oxygen atoms in total. The number of hydrogen-bond acceptors (Lipinski definition) is 4. The predicted molar refractivity (Wildman–Crippen MR) is 93.7 cm³/mol. The lowest BCUT2D eigenvalue weighted by atomic mass is 10.0. The van der Waals surface area contributed by atoms with Gasteiger partial charge in [-0.2, -0.15) is 5.26 Å². The van der Waals surface area contributed by atoms with Crippen molar-refractivity contribution in [2.45, 2.75) is 20.8 Å². The van der Waals surface area contributed by atoms with Crippen LogP contribution in [0.3, 0.4) is 0 Å². The molecule has 118 valence electrons. The van der Waals surface area contributed by atoms with Crippen molar-refractivity contribution in [3.63, 3.8) is 0 Å². The molecule has 0 aliphatic heterocycles. The van der Waals surface area contributed by atoms with Gasteiger partial charge in [0, 0.05) is 11.1 Å². The molecule has 0 unspecified atom stereocenters. The van der Waals surface area contributed by atoms with Crippen LogP contribution in [0.2, 0.25) is 0 Å². The molecule has 0 saturated heterocycles. The summed E-state index contributed by atoms with van der Waals surface area (Å²) in [7, 11) is 0. The van der Waals surface area contributed by atoms with E-state index in [1.54, 1.807) is 24.3 Å². The van der Waals surface area contributed by atoms with Gasteiger partial charge >= 0.3 is 0 Å². The van der Waals surface area contributed by atoms with Gasteiger partial charge in [-0.3, -0.25) is 4.79 Å². The summed E-state index contributed by atoms with van der Waals surface area (Å²) in [5.41, 5.74) is 4.34. The zero-order valence-corrected chi connectivity index (χ0v) is 13.7. The van der Waals surface area contributed by atoms with E-state index in [4.69, 9.17) is 0 Å². The van der Waals surface area contributed by atoms with Gasteiger partial charge in [0.25, 0.3) is 0 Å². The Bertz CT molecular complexity index is 952. The summed E-state index contributed by atoms with van der Waals surface area (Å²) in [6.45, 7) is 5.81. The molecule has 0 fully saturated rings. The van der Waals surface area contributed by atoms with Gasteiger partial charge < -0.3 is 5.11 Å². The van der Waals surface area contributed by atoms with Crippen LogP contribution in [0.25, 0.3) is 5.76 Å². The summed E-state index contributed by atoms with van der Waals surface area (Å²) < 4.78 is 0. The third kappa shape index (κ3) is 2.40. The molecular weight excluding hydrogens is 300 g/mol. The smallest absolute Gasteiger partial charge is 0.200 e. The van der Waals surface area contributed by atoms with E-state index in [2.05, 4.69) is 4.99 Å². The monoisotopic (exact) mass is 316 g/mol. The number of carbonyl (C=O) groups is 1. The summed E-state index contributed by atoms with van der Waals surface area (Å²) in [6, 6.07) is 12.7. The SMILES string of the molecule is Cc1cc(C)c(N=C(C#N)C2=C(O)c3ccccc3C2=O)c(C)c1. The fourth-order valence-electron chi connectivity index (χ4n) is 3.08. The summed E-state index contributed by atoms with van der Waals surface area (Å²) in [6.07, 6.45) is 0. The van der Waals surface area contributed by atoms with Gasteiger partial charge in [-0.1, -0.05) is 42.0 Å². The average Bonchev–Trinajstić information content (AvgIpc) is 2.79. The summed E-state index contributed by atoms with van der Waals surface area (Å²) in [4.78, 5) is 17.0. The Hall–Kier alpha value is -3.19. The van der Waals surface area contributed by atoms with Crippen molar-refractivity contribution in [1.82, 2.24) is 0 Å². The van der Waals surface area contributed by atoms with Crippen LogP contribution in [0.15, 0.2) is 47.0 Å².